The van der Waals surface area contributed by atoms with Gasteiger partial charge in [-0.1, -0.05) is 44.9 Å². The van der Waals surface area contributed by atoms with E-state index in [0.717, 1.165) is 28.8 Å². The van der Waals surface area contributed by atoms with E-state index in [0.29, 0.717) is 5.92 Å². The number of hydrogen-bond acceptors (Lipinski definition) is 3. The zero-order chi connectivity index (χ0) is 13.0. The fourth-order valence-corrected chi connectivity index (χ4v) is 2.18. The largest absolute Gasteiger partial charge is 0.396 e. The third-order valence-electron chi connectivity index (χ3n) is 3.53. The minimum Gasteiger partial charge on any atom is -0.396 e. The summed E-state index contributed by atoms with van der Waals surface area (Å²) < 4.78 is 0. The van der Waals surface area contributed by atoms with E-state index >= 15 is 0 Å². The van der Waals surface area contributed by atoms with Crippen LogP contribution in [0.25, 0.3) is 10.9 Å². The summed E-state index contributed by atoms with van der Waals surface area (Å²) in [5, 5.41) is 4.59. The van der Waals surface area contributed by atoms with Crippen LogP contribution in [-0.2, 0) is 0 Å². The molecule has 0 saturated carbocycles. The number of anilines is 2. The zero-order valence-electron chi connectivity index (χ0n) is 11.1. The Labute approximate surface area is 108 Å². The van der Waals surface area contributed by atoms with Crippen molar-refractivity contribution in [2.24, 2.45) is 5.92 Å². The number of para-hydroxylation sites is 1. The van der Waals surface area contributed by atoms with Crippen LogP contribution in [0.1, 0.15) is 26.7 Å². The number of hydrogen-bond donors (Lipinski definition) is 2. The van der Waals surface area contributed by atoms with Gasteiger partial charge in [0.2, 0.25) is 0 Å². The molecule has 1 aromatic carbocycles. The second kappa shape index (κ2) is 5.71. The molecule has 1 aromatic heterocycles. The zero-order valence-corrected chi connectivity index (χ0v) is 11.1. The third-order valence-corrected chi connectivity index (χ3v) is 3.53. The second-order valence-corrected chi connectivity index (χ2v) is 4.67. The van der Waals surface area contributed by atoms with Crippen molar-refractivity contribution in [3.05, 3.63) is 30.5 Å². The topological polar surface area (TPSA) is 50.9 Å². The van der Waals surface area contributed by atoms with E-state index in [2.05, 4.69) is 30.2 Å². The molecule has 0 aliphatic carbocycles. The number of aromatic nitrogens is 1. The normalized spacial score (nSPS) is 11.1. The first-order valence-corrected chi connectivity index (χ1v) is 6.63. The number of nitrogen functional groups attached to an aromatic ring is 1. The fraction of sp³-hybridized carbons (Fsp3) is 0.400. The quantitative estimate of drug-likeness (QED) is 0.842. The Kier molecular flexibility index (Phi) is 4.03. The highest BCUT2D eigenvalue weighted by Crippen LogP contribution is 2.27. The number of fused-ring (bicyclic) bond motifs is 1. The Morgan fingerprint density at radius 1 is 1.22 bits per heavy atom. The SMILES string of the molecule is CCC(CC)CNc1c(N)cnc2ccccc12. The van der Waals surface area contributed by atoms with Gasteiger partial charge in [-0.05, 0) is 12.0 Å². The summed E-state index contributed by atoms with van der Waals surface area (Å²) in [4.78, 5) is 4.34. The van der Waals surface area contributed by atoms with Crippen molar-refractivity contribution in [2.75, 3.05) is 17.6 Å². The van der Waals surface area contributed by atoms with Gasteiger partial charge >= 0.3 is 0 Å². The Bertz CT molecular complexity index is 518. The van der Waals surface area contributed by atoms with Crippen molar-refractivity contribution in [2.45, 2.75) is 26.7 Å². The number of benzene rings is 1. The molecule has 0 amide bonds. The number of nitrogens with zero attached hydrogens (tertiary/aromatic N) is 1. The van der Waals surface area contributed by atoms with Crippen molar-refractivity contribution >= 4 is 22.3 Å². The van der Waals surface area contributed by atoms with Gasteiger partial charge in [0.05, 0.1) is 23.1 Å². The molecular weight excluding hydrogens is 222 g/mol. The van der Waals surface area contributed by atoms with Crippen LogP contribution in [0.5, 0.6) is 0 Å². The van der Waals surface area contributed by atoms with Crippen molar-refractivity contribution < 1.29 is 0 Å². The minimum atomic E-state index is 0.691. The van der Waals surface area contributed by atoms with Crippen molar-refractivity contribution in [1.82, 2.24) is 4.98 Å². The van der Waals surface area contributed by atoms with E-state index in [1.807, 2.05) is 18.2 Å². The van der Waals surface area contributed by atoms with E-state index < -0.39 is 0 Å². The summed E-state index contributed by atoms with van der Waals surface area (Å²) in [6.07, 6.45) is 4.11. The number of nitrogens with one attached hydrogen (secondary N) is 1. The molecule has 1 heterocycles. The number of rotatable bonds is 5. The lowest BCUT2D eigenvalue weighted by Gasteiger charge is -2.17. The lowest BCUT2D eigenvalue weighted by atomic mass is 10.0. The molecule has 96 valence electrons. The summed E-state index contributed by atoms with van der Waals surface area (Å²) in [5.41, 5.74) is 8.76. The predicted molar refractivity (Wildman–Crippen MR) is 78.7 cm³/mol. The van der Waals surface area contributed by atoms with Crippen LogP contribution in [0.4, 0.5) is 11.4 Å². The van der Waals surface area contributed by atoms with Crippen LogP contribution in [0.15, 0.2) is 30.5 Å². The maximum absolute atomic E-state index is 6.03. The maximum Gasteiger partial charge on any atom is 0.0743 e. The van der Waals surface area contributed by atoms with E-state index in [4.69, 9.17) is 5.73 Å². The van der Waals surface area contributed by atoms with Gasteiger partial charge in [0.1, 0.15) is 0 Å². The van der Waals surface area contributed by atoms with Gasteiger partial charge in [-0.15, -0.1) is 0 Å². The van der Waals surface area contributed by atoms with E-state index in [9.17, 15) is 0 Å². The van der Waals surface area contributed by atoms with E-state index in [1.165, 1.54) is 12.8 Å². The molecule has 0 unspecified atom stereocenters. The highest BCUT2D eigenvalue weighted by Gasteiger charge is 2.08. The Balaban J connectivity index is 2.29. The van der Waals surface area contributed by atoms with E-state index in [-0.39, 0.29) is 0 Å². The molecule has 3 heteroatoms. The first kappa shape index (κ1) is 12.7. The first-order valence-electron chi connectivity index (χ1n) is 6.63. The van der Waals surface area contributed by atoms with Crippen molar-refractivity contribution in [1.29, 1.82) is 0 Å². The van der Waals surface area contributed by atoms with E-state index in [1.54, 1.807) is 6.20 Å². The van der Waals surface area contributed by atoms with Gasteiger partial charge in [0.25, 0.3) is 0 Å². The first-order chi connectivity index (χ1) is 8.76. The Morgan fingerprint density at radius 2 is 1.94 bits per heavy atom. The maximum atomic E-state index is 6.03. The standard InChI is InChI=1S/C15H21N3/c1-3-11(4-2)9-18-15-12-7-5-6-8-14(12)17-10-13(15)16/h5-8,10-11H,3-4,9,16H2,1-2H3,(H,17,18). The molecule has 0 spiro atoms. The smallest absolute Gasteiger partial charge is 0.0743 e. The highest BCUT2D eigenvalue weighted by atomic mass is 14.9. The fourth-order valence-electron chi connectivity index (χ4n) is 2.18. The molecule has 0 radical (unpaired) electrons. The number of pyridine rings is 1. The molecule has 3 N–H and O–H groups in total. The average Bonchev–Trinajstić information content (AvgIpc) is 2.42. The molecule has 18 heavy (non-hydrogen) atoms. The minimum absolute atomic E-state index is 0.691. The lowest BCUT2D eigenvalue weighted by molar-refractivity contribution is 0.519. The lowest BCUT2D eigenvalue weighted by Crippen LogP contribution is -2.14. The number of nitrogens with two attached hydrogens (primary N) is 1. The van der Waals surface area contributed by atoms with Gasteiger partial charge < -0.3 is 11.1 Å². The molecular formula is C15H21N3. The molecule has 2 rings (SSSR count). The van der Waals surface area contributed by atoms with Gasteiger partial charge in [-0.25, -0.2) is 0 Å². The summed E-state index contributed by atoms with van der Waals surface area (Å²) in [5.74, 6) is 0.691. The monoisotopic (exact) mass is 243 g/mol. The van der Waals surface area contributed by atoms with Crippen molar-refractivity contribution in [3.8, 4) is 0 Å². The van der Waals surface area contributed by atoms with Crippen LogP contribution in [0, 0.1) is 5.92 Å². The summed E-state index contributed by atoms with van der Waals surface area (Å²) in [6.45, 7) is 5.42. The summed E-state index contributed by atoms with van der Waals surface area (Å²) >= 11 is 0. The van der Waals surface area contributed by atoms with Crippen molar-refractivity contribution in [3.63, 3.8) is 0 Å². The molecule has 0 bridgehead atoms. The Hall–Kier alpha value is -1.77. The van der Waals surface area contributed by atoms with Crippen LogP contribution in [0.3, 0.4) is 0 Å². The van der Waals surface area contributed by atoms with Gasteiger partial charge in [-0.3, -0.25) is 4.98 Å². The van der Waals surface area contributed by atoms with Gasteiger partial charge in [-0.2, -0.15) is 0 Å². The average molecular weight is 243 g/mol. The van der Waals surface area contributed by atoms with Crippen LogP contribution in [-0.4, -0.2) is 11.5 Å². The Morgan fingerprint density at radius 3 is 2.67 bits per heavy atom. The van der Waals surface area contributed by atoms with Crippen LogP contribution < -0.4 is 11.1 Å². The summed E-state index contributed by atoms with van der Waals surface area (Å²) in [6, 6.07) is 8.09. The third kappa shape index (κ3) is 2.55. The molecule has 0 aliphatic rings. The second-order valence-electron chi connectivity index (χ2n) is 4.67. The summed E-state index contributed by atoms with van der Waals surface area (Å²) in [7, 11) is 0. The molecule has 0 fully saturated rings. The molecule has 3 nitrogen and oxygen atoms in total. The van der Waals surface area contributed by atoms with Gasteiger partial charge in [0.15, 0.2) is 0 Å². The molecule has 0 atom stereocenters. The molecule has 2 aromatic rings. The predicted octanol–water partition coefficient (Wildman–Crippen LogP) is 3.67. The molecule has 0 aliphatic heterocycles. The van der Waals surface area contributed by atoms with Crippen LogP contribution >= 0.6 is 0 Å². The highest BCUT2D eigenvalue weighted by molar-refractivity contribution is 5.96. The molecule has 0 saturated heterocycles. The van der Waals surface area contributed by atoms with Gasteiger partial charge in [0, 0.05) is 11.9 Å². The van der Waals surface area contributed by atoms with Crippen LogP contribution in [0.2, 0.25) is 0 Å².